The molecule has 0 spiro atoms. The van der Waals surface area contributed by atoms with Crippen LogP contribution in [0.2, 0.25) is 0 Å². The van der Waals surface area contributed by atoms with Crippen LogP contribution in [0.3, 0.4) is 0 Å². The first kappa shape index (κ1) is 9.00. The lowest BCUT2D eigenvalue weighted by Gasteiger charge is -2.47. The van der Waals surface area contributed by atoms with Gasteiger partial charge in [-0.2, -0.15) is 0 Å². The van der Waals surface area contributed by atoms with Gasteiger partial charge in [0.05, 0.1) is 13.1 Å². The fraction of sp³-hybridized carbons (Fsp3) is 0.900. The SMILES string of the molecule is CC(C)C(=O)N1CC(O)(C2CC2)C1. The summed E-state index contributed by atoms with van der Waals surface area (Å²) in [6.07, 6.45) is 2.28. The normalized spacial score (nSPS) is 26.0. The zero-order valence-electron chi connectivity index (χ0n) is 8.29. The van der Waals surface area contributed by atoms with Crippen LogP contribution in [-0.4, -0.2) is 34.6 Å². The number of carbonyl (C=O) groups is 1. The number of nitrogens with zero attached hydrogens (tertiary/aromatic N) is 1. The average Bonchev–Trinajstić information content (AvgIpc) is 2.79. The van der Waals surface area contributed by atoms with Crippen molar-refractivity contribution in [1.29, 1.82) is 0 Å². The number of rotatable bonds is 2. The molecule has 1 aliphatic carbocycles. The lowest BCUT2D eigenvalue weighted by atomic mass is 9.88. The monoisotopic (exact) mass is 183 g/mol. The number of carbonyl (C=O) groups excluding carboxylic acids is 1. The number of hydrogen-bond donors (Lipinski definition) is 1. The van der Waals surface area contributed by atoms with Crippen LogP contribution in [0.15, 0.2) is 0 Å². The summed E-state index contributed by atoms with van der Waals surface area (Å²) in [5, 5.41) is 9.96. The van der Waals surface area contributed by atoms with E-state index in [-0.39, 0.29) is 11.8 Å². The Labute approximate surface area is 78.7 Å². The summed E-state index contributed by atoms with van der Waals surface area (Å²) in [7, 11) is 0. The highest BCUT2D eigenvalue weighted by Gasteiger charge is 2.53. The van der Waals surface area contributed by atoms with Crippen molar-refractivity contribution < 1.29 is 9.90 Å². The van der Waals surface area contributed by atoms with E-state index in [0.717, 1.165) is 12.8 Å². The molecule has 2 fully saturated rings. The summed E-state index contributed by atoms with van der Waals surface area (Å²) in [6.45, 7) is 4.93. The van der Waals surface area contributed by atoms with Crippen molar-refractivity contribution in [3.8, 4) is 0 Å². The third-order valence-corrected chi connectivity index (χ3v) is 3.07. The average molecular weight is 183 g/mol. The summed E-state index contributed by atoms with van der Waals surface area (Å²) in [5.41, 5.74) is -0.523. The van der Waals surface area contributed by atoms with Gasteiger partial charge in [0.25, 0.3) is 0 Å². The molecule has 0 bridgehead atoms. The van der Waals surface area contributed by atoms with Crippen molar-refractivity contribution in [2.45, 2.75) is 32.3 Å². The van der Waals surface area contributed by atoms with Gasteiger partial charge in [-0.25, -0.2) is 0 Å². The number of hydrogen-bond acceptors (Lipinski definition) is 2. The van der Waals surface area contributed by atoms with Crippen LogP contribution < -0.4 is 0 Å². The lowest BCUT2D eigenvalue weighted by Crippen LogP contribution is -2.65. The van der Waals surface area contributed by atoms with Gasteiger partial charge in [-0.1, -0.05) is 13.8 Å². The smallest absolute Gasteiger partial charge is 0.225 e. The summed E-state index contributed by atoms with van der Waals surface area (Å²) < 4.78 is 0. The van der Waals surface area contributed by atoms with Crippen LogP contribution in [0, 0.1) is 11.8 Å². The van der Waals surface area contributed by atoms with E-state index in [0.29, 0.717) is 19.0 Å². The Balaban J connectivity index is 1.86. The predicted molar refractivity (Wildman–Crippen MR) is 49.1 cm³/mol. The molecule has 1 N–H and O–H groups in total. The maximum Gasteiger partial charge on any atom is 0.225 e. The molecule has 0 radical (unpaired) electrons. The largest absolute Gasteiger partial charge is 0.386 e. The highest BCUT2D eigenvalue weighted by atomic mass is 16.3. The molecule has 0 aromatic carbocycles. The topological polar surface area (TPSA) is 40.5 Å². The van der Waals surface area contributed by atoms with E-state index in [1.165, 1.54) is 0 Å². The van der Waals surface area contributed by atoms with Crippen molar-refractivity contribution in [3.05, 3.63) is 0 Å². The Morgan fingerprint density at radius 1 is 1.46 bits per heavy atom. The first-order chi connectivity index (χ1) is 6.03. The van der Waals surface area contributed by atoms with Crippen LogP contribution in [-0.2, 0) is 4.79 Å². The fourth-order valence-corrected chi connectivity index (χ4v) is 2.01. The zero-order chi connectivity index (χ0) is 9.64. The summed E-state index contributed by atoms with van der Waals surface area (Å²) in [4.78, 5) is 13.2. The second-order valence-electron chi connectivity index (χ2n) is 4.73. The molecule has 0 unspecified atom stereocenters. The predicted octanol–water partition coefficient (Wildman–Crippen LogP) is 0.626. The highest BCUT2D eigenvalue weighted by Crippen LogP contribution is 2.44. The molecular weight excluding hydrogens is 166 g/mol. The van der Waals surface area contributed by atoms with Gasteiger partial charge in [-0.05, 0) is 18.8 Å². The third-order valence-electron chi connectivity index (χ3n) is 3.07. The molecule has 0 aromatic rings. The van der Waals surface area contributed by atoms with Crippen LogP contribution in [0.5, 0.6) is 0 Å². The Kier molecular flexibility index (Phi) is 1.88. The van der Waals surface area contributed by atoms with Gasteiger partial charge < -0.3 is 10.0 Å². The number of aliphatic hydroxyl groups is 1. The van der Waals surface area contributed by atoms with E-state index < -0.39 is 5.60 Å². The van der Waals surface area contributed by atoms with Crippen LogP contribution >= 0.6 is 0 Å². The second-order valence-corrected chi connectivity index (χ2v) is 4.73. The van der Waals surface area contributed by atoms with E-state index >= 15 is 0 Å². The van der Waals surface area contributed by atoms with Gasteiger partial charge in [0.15, 0.2) is 0 Å². The van der Waals surface area contributed by atoms with E-state index in [1.54, 1.807) is 4.90 Å². The number of amides is 1. The molecule has 2 rings (SSSR count). The van der Waals surface area contributed by atoms with Gasteiger partial charge in [0.2, 0.25) is 5.91 Å². The summed E-state index contributed by atoms with van der Waals surface area (Å²) in [6, 6.07) is 0. The third kappa shape index (κ3) is 1.46. The van der Waals surface area contributed by atoms with Crippen molar-refractivity contribution in [3.63, 3.8) is 0 Å². The molecule has 13 heavy (non-hydrogen) atoms. The van der Waals surface area contributed by atoms with Crippen molar-refractivity contribution in [1.82, 2.24) is 4.90 Å². The zero-order valence-corrected chi connectivity index (χ0v) is 8.29. The van der Waals surface area contributed by atoms with Crippen molar-refractivity contribution >= 4 is 5.91 Å². The van der Waals surface area contributed by atoms with Crippen molar-refractivity contribution in [2.75, 3.05) is 13.1 Å². The first-order valence-electron chi connectivity index (χ1n) is 5.04. The molecule has 1 saturated heterocycles. The van der Waals surface area contributed by atoms with Gasteiger partial charge >= 0.3 is 0 Å². The minimum absolute atomic E-state index is 0.0590. The fourth-order valence-electron chi connectivity index (χ4n) is 2.01. The van der Waals surface area contributed by atoms with Gasteiger partial charge in [-0.15, -0.1) is 0 Å². The van der Waals surface area contributed by atoms with Crippen LogP contribution in [0.25, 0.3) is 0 Å². The minimum Gasteiger partial charge on any atom is -0.386 e. The van der Waals surface area contributed by atoms with E-state index in [1.807, 2.05) is 13.8 Å². The first-order valence-corrected chi connectivity index (χ1v) is 5.04. The molecule has 0 atom stereocenters. The number of β-amino-alcohol motifs (C(OH)–C–C–N with tert-alkyl or cyclic N) is 1. The Morgan fingerprint density at radius 3 is 2.38 bits per heavy atom. The molecule has 1 heterocycles. The Morgan fingerprint density at radius 2 is 2.00 bits per heavy atom. The second kappa shape index (κ2) is 2.71. The molecule has 3 heteroatoms. The van der Waals surface area contributed by atoms with Gasteiger partial charge in [0.1, 0.15) is 5.60 Å². The molecule has 3 nitrogen and oxygen atoms in total. The van der Waals surface area contributed by atoms with Gasteiger partial charge in [0, 0.05) is 5.92 Å². The lowest BCUT2D eigenvalue weighted by molar-refractivity contribution is -0.162. The molecular formula is C10H17NO2. The molecule has 0 aromatic heterocycles. The molecule has 2 aliphatic rings. The Hall–Kier alpha value is -0.570. The molecule has 1 aliphatic heterocycles. The van der Waals surface area contributed by atoms with E-state index in [4.69, 9.17) is 0 Å². The minimum atomic E-state index is -0.523. The maximum atomic E-state index is 11.5. The van der Waals surface area contributed by atoms with Crippen LogP contribution in [0.1, 0.15) is 26.7 Å². The van der Waals surface area contributed by atoms with Gasteiger partial charge in [-0.3, -0.25) is 4.79 Å². The molecule has 74 valence electrons. The summed E-state index contributed by atoms with van der Waals surface area (Å²) >= 11 is 0. The Bertz CT molecular complexity index is 227. The molecule has 1 saturated carbocycles. The number of likely N-dealkylation sites (tertiary alicyclic amines) is 1. The van der Waals surface area contributed by atoms with Crippen LogP contribution in [0.4, 0.5) is 0 Å². The van der Waals surface area contributed by atoms with Crippen molar-refractivity contribution in [2.24, 2.45) is 11.8 Å². The summed E-state index contributed by atoms with van der Waals surface area (Å²) in [5.74, 6) is 0.706. The van der Waals surface area contributed by atoms with E-state index in [2.05, 4.69) is 0 Å². The quantitative estimate of drug-likeness (QED) is 0.682. The standard InChI is InChI=1S/C10H17NO2/c1-7(2)9(12)11-5-10(13,6-11)8-3-4-8/h7-8,13H,3-6H2,1-2H3. The molecule has 1 amide bonds. The van der Waals surface area contributed by atoms with E-state index in [9.17, 15) is 9.90 Å². The maximum absolute atomic E-state index is 11.5. The highest BCUT2D eigenvalue weighted by molar-refractivity contribution is 5.79.